The molecule has 6 nitrogen and oxygen atoms in total. The number of carbonyl (C=O) groups is 1. The van der Waals surface area contributed by atoms with E-state index < -0.39 is 0 Å². The minimum absolute atomic E-state index is 0.243. The molecule has 32 heavy (non-hydrogen) atoms. The third kappa shape index (κ3) is 4.21. The Labute approximate surface area is 187 Å². The van der Waals surface area contributed by atoms with Crippen molar-refractivity contribution in [1.82, 2.24) is 9.78 Å². The van der Waals surface area contributed by atoms with Gasteiger partial charge in [0.05, 0.1) is 25.5 Å². The van der Waals surface area contributed by atoms with Crippen molar-refractivity contribution in [3.05, 3.63) is 90.1 Å². The molecule has 1 aromatic heterocycles. The summed E-state index contributed by atoms with van der Waals surface area (Å²) in [4.78, 5) is 13.4. The normalized spacial score (nSPS) is 10.6. The number of nitrogens with one attached hydrogen (secondary N) is 1. The monoisotopic (exact) mass is 427 g/mol. The first-order chi connectivity index (χ1) is 15.6. The van der Waals surface area contributed by atoms with E-state index in [1.54, 1.807) is 25.1 Å². The van der Waals surface area contributed by atoms with Crippen LogP contribution in [0.5, 0.6) is 11.5 Å². The molecule has 0 unspecified atom stereocenters. The van der Waals surface area contributed by atoms with Crippen LogP contribution < -0.4 is 14.8 Å². The van der Waals surface area contributed by atoms with Gasteiger partial charge in [-0.05, 0) is 48.4 Å². The Balaban J connectivity index is 1.84. The second-order valence-corrected chi connectivity index (χ2v) is 7.20. The number of nitrogens with zero attached hydrogens (tertiary/aromatic N) is 2. The molecule has 0 saturated carbocycles. The van der Waals surface area contributed by atoms with Gasteiger partial charge in [0.25, 0.3) is 5.91 Å². The third-order valence-corrected chi connectivity index (χ3v) is 5.29. The van der Waals surface area contributed by atoms with Gasteiger partial charge in [-0.25, -0.2) is 4.68 Å². The summed E-state index contributed by atoms with van der Waals surface area (Å²) < 4.78 is 12.7. The summed E-state index contributed by atoms with van der Waals surface area (Å²) >= 11 is 0. The van der Waals surface area contributed by atoms with E-state index in [0.717, 1.165) is 23.4 Å². The molecular weight excluding hydrogens is 402 g/mol. The second-order valence-electron chi connectivity index (χ2n) is 7.20. The van der Waals surface area contributed by atoms with E-state index in [9.17, 15) is 4.79 Å². The van der Waals surface area contributed by atoms with E-state index in [4.69, 9.17) is 14.6 Å². The van der Waals surface area contributed by atoms with Crippen LogP contribution in [-0.2, 0) is 6.42 Å². The van der Waals surface area contributed by atoms with Gasteiger partial charge in [0.2, 0.25) is 0 Å². The van der Waals surface area contributed by atoms with Crippen molar-refractivity contribution in [3.8, 4) is 28.4 Å². The predicted octanol–water partition coefficient (Wildman–Crippen LogP) is 5.37. The zero-order valence-corrected chi connectivity index (χ0v) is 18.3. The first-order valence-electron chi connectivity index (χ1n) is 10.4. The highest BCUT2D eigenvalue weighted by molar-refractivity contribution is 6.08. The summed E-state index contributed by atoms with van der Waals surface area (Å²) in [6, 6.07) is 22.9. The Morgan fingerprint density at radius 2 is 1.72 bits per heavy atom. The molecule has 3 aromatic carbocycles. The van der Waals surface area contributed by atoms with E-state index in [1.165, 1.54) is 0 Å². The molecule has 0 fully saturated rings. The van der Waals surface area contributed by atoms with Gasteiger partial charge in [0, 0.05) is 17.4 Å². The molecule has 0 saturated heterocycles. The third-order valence-electron chi connectivity index (χ3n) is 5.29. The summed E-state index contributed by atoms with van der Waals surface area (Å²) in [6.45, 7) is 2.06. The van der Waals surface area contributed by atoms with Crippen molar-refractivity contribution in [2.75, 3.05) is 19.5 Å². The lowest BCUT2D eigenvalue weighted by atomic mass is 10.1. The fourth-order valence-corrected chi connectivity index (χ4v) is 3.59. The number of ether oxygens (including phenoxy) is 2. The molecule has 1 heterocycles. The lowest BCUT2D eigenvalue weighted by Gasteiger charge is -2.12. The predicted molar refractivity (Wildman–Crippen MR) is 126 cm³/mol. The highest BCUT2D eigenvalue weighted by Gasteiger charge is 2.22. The standard InChI is InChI=1S/C26H25N3O3/c1-4-18-10-8-9-13-23(18)27-26(30)22-17-29(19-11-6-5-7-12-19)28-25(22)21-16-20(31-2)14-15-24(21)32-3/h5-17H,4H2,1-3H3,(H,27,30). The lowest BCUT2D eigenvalue weighted by molar-refractivity contribution is 0.102. The number of anilines is 1. The highest BCUT2D eigenvalue weighted by atomic mass is 16.5. The number of para-hydroxylation sites is 2. The van der Waals surface area contributed by atoms with Crippen LogP contribution in [0.4, 0.5) is 5.69 Å². The largest absolute Gasteiger partial charge is 0.497 e. The number of hydrogen-bond donors (Lipinski definition) is 1. The second kappa shape index (κ2) is 9.39. The summed E-state index contributed by atoms with van der Waals surface area (Å²) in [5.74, 6) is 1.01. The van der Waals surface area contributed by atoms with Crippen LogP contribution in [0.25, 0.3) is 16.9 Å². The van der Waals surface area contributed by atoms with Gasteiger partial charge >= 0.3 is 0 Å². The van der Waals surface area contributed by atoms with Crippen LogP contribution in [0, 0.1) is 0 Å². The minimum atomic E-state index is -0.243. The van der Waals surface area contributed by atoms with Gasteiger partial charge < -0.3 is 14.8 Å². The number of aromatic nitrogens is 2. The first kappa shape index (κ1) is 21.2. The van der Waals surface area contributed by atoms with Crippen LogP contribution >= 0.6 is 0 Å². The average molecular weight is 428 g/mol. The van der Waals surface area contributed by atoms with Crippen molar-refractivity contribution in [1.29, 1.82) is 0 Å². The topological polar surface area (TPSA) is 65.4 Å². The van der Waals surface area contributed by atoms with E-state index in [2.05, 4.69) is 12.2 Å². The molecule has 0 bridgehead atoms. The van der Waals surface area contributed by atoms with Gasteiger partial charge in [-0.2, -0.15) is 5.10 Å². The maximum absolute atomic E-state index is 13.4. The molecule has 0 radical (unpaired) electrons. The summed E-state index contributed by atoms with van der Waals surface area (Å²) in [6.07, 6.45) is 2.56. The number of benzene rings is 3. The number of carbonyl (C=O) groups excluding carboxylic acids is 1. The number of amides is 1. The molecule has 4 aromatic rings. The Kier molecular flexibility index (Phi) is 6.22. The fraction of sp³-hybridized carbons (Fsp3) is 0.154. The number of rotatable bonds is 7. The van der Waals surface area contributed by atoms with Crippen LogP contribution in [0.3, 0.4) is 0 Å². The maximum Gasteiger partial charge on any atom is 0.259 e. The molecule has 1 amide bonds. The summed E-state index contributed by atoms with van der Waals surface area (Å²) in [5.41, 5.74) is 4.33. The van der Waals surface area contributed by atoms with Gasteiger partial charge in [-0.1, -0.05) is 43.3 Å². The number of methoxy groups -OCH3 is 2. The molecule has 0 aliphatic heterocycles. The van der Waals surface area contributed by atoms with Gasteiger partial charge in [0.1, 0.15) is 17.2 Å². The summed E-state index contributed by atoms with van der Waals surface area (Å²) in [5, 5.41) is 7.81. The molecule has 162 valence electrons. The Morgan fingerprint density at radius 3 is 2.44 bits per heavy atom. The molecule has 0 aliphatic carbocycles. The van der Waals surface area contributed by atoms with E-state index in [0.29, 0.717) is 28.3 Å². The van der Waals surface area contributed by atoms with Crippen LogP contribution in [0.15, 0.2) is 79.0 Å². The molecule has 1 N–H and O–H groups in total. The van der Waals surface area contributed by atoms with E-state index >= 15 is 0 Å². The SMILES string of the molecule is CCc1ccccc1NC(=O)c1cn(-c2ccccc2)nc1-c1cc(OC)ccc1OC. The van der Waals surface area contributed by atoms with E-state index in [1.807, 2.05) is 72.8 Å². The highest BCUT2D eigenvalue weighted by Crippen LogP contribution is 2.35. The van der Waals surface area contributed by atoms with Crippen molar-refractivity contribution in [2.24, 2.45) is 0 Å². The Morgan fingerprint density at radius 1 is 0.969 bits per heavy atom. The van der Waals surface area contributed by atoms with Gasteiger partial charge in [-0.3, -0.25) is 4.79 Å². The molecule has 4 rings (SSSR count). The van der Waals surface area contributed by atoms with Crippen molar-refractivity contribution < 1.29 is 14.3 Å². The van der Waals surface area contributed by atoms with Crippen LogP contribution in [-0.4, -0.2) is 29.9 Å². The number of hydrogen-bond acceptors (Lipinski definition) is 4. The Bertz CT molecular complexity index is 1230. The van der Waals surface area contributed by atoms with Crippen LogP contribution in [0.1, 0.15) is 22.8 Å². The van der Waals surface area contributed by atoms with Gasteiger partial charge in [-0.15, -0.1) is 0 Å². The molecule has 0 spiro atoms. The van der Waals surface area contributed by atoms with Gasteiger partial charge in [0.15, 0.2) is 0 Å². The quantitative estimate of drug-likeness (QED) is 0.431. The lowest BCUT2D eigenvalue weighted by Crippen LogP contribution is -2.13. The minimum Gasteiger partial charge on any atom is -0.497 e. The average Bonchev–Trinajstić information content (AvgIpc) is 3.30. The summed E-state index contributed by atoms with van der Waals surface area (Å²) in [7, 11) is 3.19. The molecule has 6 heteroatoms. The Hall–Kier alpha value is -4.06. The fourth-order valence-electron chi connectivity index (χ4n) is 3.59. The van der Waals surface area contributed by atoms with E-state index in [-0.39, 0.29) is 5.91 Å². The smallest absolute Gasteiger partial charge is 0.259 e. The zero-order chi connectivity index (χ0) is 22.5. The van der Waals surface area contributed by atoms with Crippen LogP contribution in [0.2, 0.25) is 0 Å². The van der Waals surface area contributed by atoms with Crippen molar-refractivity contribution in [2.45, 2.75) is 13.3 Å². The zero-order valence-electron chi connectivity index (χ0n) is 18.3. The van der Waals surface area contributed by atoms with Crippen molar-refractivity contribution >= 4 is 11.6 Å². The molecule has 0 atom stereocenters. The molecular formula is C26H25N3O3. The first-order valence-corrected chi connectivity index (χ1v) is 10.4. The number of aryl methyl sites for hydroxylation is 1. The van der Waals surface area contributed by atoms with Crippen molar-refractivity contribution in [3.63, 3.8) is 0 Å². The molecule has 0 aliphatic rings. The maximum atomic E-state index is 13.4.